The maximum atomic E-state index is 9.25. The number of halogens is 1. The van der Waals surface area contributed by atoms with E-state index in [0.717, 1.165) is 6.08 Å². The molecule has 0 heterocycles. The second-order valence-electron chi connectivity index (χ2n) is 1.16. The summed E-state index contributed by atoms with van der Waals surface area (Å²) in [6.07, 6.45) is 0.833. The van der Waals surface area contributed by atoms with Gasteiger partial charge in [-0.1, -0.05) is 18.2 Å². The van der Waals surface area contributed by atoms with Gasteiger partial charge in [-0.3, -0.25) is 0 Å². The Bertz CT molecular complexity index is 102. The van der Waals surface area contributed by atoms with E-state index < -0.39 is 11.5 Å². The first kappa shape index (κ1) is 12.1. The summed E-state index contributed by atoms with van der Waals surface area (Å²) in [5.74, 6) is -0.981. The zero-order chi connectivity index (χ0) is 8.57. The van der Waals surface area contributed by atoms with E-state index in [0.29, 0.717) is 0 Å². The van der Waals surface area contributed by atoms with Crippen LogP contribution in [0.15, 0.2) is 12.7 Å². The van der Waals surface area contributed by atoms with Crippen molar-refractivity contribution in [2.24, 2.45) is 0 Å². The lowest BCUT2D eigenvalue weighted by molar-refractivity contribution is -0.131. The third-order valence-corrected chi connectivity index (χ3v) is 0.463. The molecule has 0 fully saturated rings. The lowest BCUT2D eigenvalue weighted by Crippen LogP contribution is -1.99. The molecule has 0 aromatic heterocycles. The molecule has 0 amide bonds. The van der Waals surface area contributed by atoms with E-state index in [1.165, 1.54) is 0 Å². The van der Waals surface area contributed by atoms with Gasteiger partial charge in [-0.05, 0) is 0 Å². The molecular weight excluding hydrogens is 160 g/mol. The summed E-state index contributed by atoms with van der Waals surface area (Å²) >= 11 is 4.77. The molecule has 0 saturated heterocycles. The summed E-state index contributed by atoms with van der Waals surface area (Å²) in [5.41, 5.74) is -1.09. The van der Waals surface area contributed by atoms with Crippen LogP contribution in [-0.4, -0.2) is 33.5 Å². The molecule has 0 radical (unpaired) electrons. The minimum Gasteiger partial charge on any atom is -0.478 e. The fourth-order valence-corrected chi connectivity index (χ4v) is 0. The van der Waals surface area contributed by atoms with Gasteiger partial charge in [0.25, 0.3) is 0 Å². The van der Waals surface area contributed by atoms with Crippen LogP contribution in [0, 0.1) is 0 Å². The Balaban J connectivity index is 0. The minimum atomic E-state index is -1.09. The van der Waals surface area contributed by atoms with Gasteiger partial charge in [0.05, 0.1) is 6.61 Å². The van der Waals surface area contributed by atoms with Gasteiger partial charge in [-0.15, -0.1) is 0 Å². The number of alkyl halides is 1. The fraction of sp³-hybridized carbons (Fsp3) is 0.400. The van der Waals surface area contributed by atoms with Crippen LogP contribution < -0.4 is 0 Å². The van der Waals surface area contributed by atoms with Crippen LogP contribution in [0.5, 0.6) is 0 Å². The van der Waals surface area contributed by atoms with E-state index >= 15 is 0 Å². The lowest BCUT2D eigenvalue weighted by atomic mass is 10.7. The quantitative estimate of drug-likeness (QED) is 0.394. The molecule has 60 valence electrons. The van der Waals surface area contributed by atoms with Crippen molar-refractivity contribution in [2.75, 3.05) is 6.61 Å². The van der Waals surface area contributed by atoms with Crippen LogP contribution in [0.2, 0.25) is 0 Å². The zero-order valence-corrected chi connectivity index (χ0v) is 5.95. The highest BCUT2D eigenvalue weighted by Crippen LogP contribution is 1.81. The molecule has 0 aromatic rings. The maximum Gasteiger partial charge on any atom is 0.327 e. The monoisotopic (exact) mass is 168 g/mol. The number of hydrogen-bond donors (Lipinski definition) is 3. The number of carbonyl (C=O) groups is 1. The standard InChI is InChI=1S/C3H4O2.C2H5ClO2/c1-2-3(4)5;3-2(5)1-4/h2H,1H2,(H,4,5);2,4-5H,1H2. The third-order valence-electron chi connectivity index (χ3n) is 0.325. The number of aliphatic hydroxyl groups is 2. The predicted octanol–water partition coefficient (Wildman–Crippen LogP) is -0.207. The van der Waals surface area contributed by atoms with Crippen molar-refractivity contribution < 1.29 is 20.1 Å². The highest BCUT2D eigenvalue weighted by atomic mass is 35.5. The van der Waals surface area contributed by atoms with Gasteiger partial charge < -0.3 is 15.3 Å². The number of carboxylic acids is 1. The SMILES string of the molecule is C=CC(=O)O.OCC(O)Cl. The summed E-state index contributed by atoms with van der Waals surface area (Å²) in [6.45, 7) is 2.59. The number of aliphatic hydroxyl groups excluding tert-OH is 2. The van der Waals surface area contributed by atoms with Crippen molar-refractivity contribution in [2.45, 2.75) is 5.56 Å². The Morgan fingerprint density at radius 3 is 2.00 bits per heavy atom. The minimum absolute atomic E-state index is 0.373. The maximum absolute atomic E-state index is 9.25. The zero-order valence-electron chi connectivity index (χ0n) is 5.20. The van der Waals surface area contributed by atoms with Crippen LogP contribution in [0.3, 0.4) is 0 Å². The average Bonchev–Trinajstić information content (AvgIpc) is 1.89. The van der Waals surface area contributed by atoms with E-state index in [1.54, 1.807) is 0 Å². The second-order valence-corrected chi connectivity index (χ2v) is 1.66. The second kappa shape index (κ2) is 8.42. The average molecular weight is 169 g/mol. The fourth-order valence-electron chi connectivity index (χ4n) is 0. The van der Waals surface area contributed by atoms with E-state index in [2.05, 4.69) is 6.58 Å². The van der Waals surface area contributed by atoms with Crippen molar-refractivity contribution >= 4 is 17.6 Å². The lowest BCUT2D eigenvalue weighted by Gasteiger charge is -1.87. The molecule has 3 N–H and O–H groups in total. The predicted molar refractivity (Wildman–Crippen MR) is 36.8 cm³/mol. The van der Waals surface area contributed by atoms with Gasteiger partial charge in [0, 0.05) is 6.08 Å². The Labute approximate surface area is 63.4 Å². The molecule has 10 heavy (non-hydrogen) atoms. The van der Waals surface area contributed by atoms with Gasteiger partial charge >= 0.3 is 5.97 Å². The number of aliphatic carboxylic acids is 1. The normalized spacial score (nSPS) is 10.7. The number of carboxylic acid groups (broad SMARTS) is 1. The van der Waals surface area contributed by atoms with E-state index in [9.17, 15) is 4.79 Å². The molecule has 0 aliphatic rings. The summed E-state index contributed by atoms with van der Waals surface area (Å²) in [6, 6.07) is 0. The largest absolute Gasteiger partial charge is 0.478 e. The molecule has 0 aliphatic carbocycles. The van der Waals surface area contributed by atoms with Gasteiger partial charge in [-0.25, -0.2) is 4.79 Å². The molecule has 5 heteroatoms. The Morgan fingerprint density at radius 1 is 1.80 bits per heavy atom. The molecule has 0 bridgehead atoms. The van der Waals surface area contributed by atoms with E-state index in [-0.39, 0.29) is 6.61 Å². The van der Waals surface area contributed by atoms with Crippen LogP contribution in [0.1, 0.15) is 0 Å². The van der Waals surface area contributed by atoms with Crippen molar-refractivity contribution in [1.29, 1.82) is 0 Å². The molecule has 0 spiro atoms. The Hall–Kier alpha value is -0.580. The van der Waals surface area contributed by atoms with Crippen LogP contribution >= 0.6 is 11.6 Å². The van der Waals surface area contributed by atoms with Gasteiger partial charge in [0.15, 0.2) is 5.56 Å². The molecule has 0 aromatic carbocycles. The topological polar surface area (TPSA) is 77.8 Å². The van der Waals surface area contributed by atoms with Crippen molar-refractivity contribution in [1.82, 2.24) is 0 Å². The molecular formula is C5H9ClO4. The first-order chi connectivity index (χ1) is 4.54. The van der Waals surface area contributed by atoms with E-state index in [4.69, 9.17) is 26.9 Å². The molecule has 0 saturated carbocycles. The summed E-state index contributed by atoms with van der Waals surface area (Å²) in [7, 11) is 0. The summed E-state index contributed by atoms with van der Waals surface area (Å²) in [5, 5.41) is 23.2. The van der Waals surface area contributed by atoms with Gasteiger partial charge in [-0.2, -0.15) is 0 Å². The highest BCUT2D eigenvalue weighted by molar-refractivity contribution is 6.19. The van der Waals surface area contributed by atoms with Crippen molar-refractivity contribution in [3.8, 4) is 0 Å². The van der Waals surface area contributed by atoms with Crippen molar-refractivity contribution in [3.63, 3.8) is 0 Å². The number of hydrogen-bond acceptors (Lipinski definition) is 3. The molecule has 1 unspecified atom stereocenters. The molecule has 4 nitrogen and oxygen atoms in total. The van der Waals surface area contributed by atoms with Gasteiger partial charge in [0.1, 0.15) is 0 Å². The van der Waals surface area contributed by atoms with Crippen LogP contribution in [-0.2, 0) is 4.79 Å². The molecule has 0 rings (SSSR count). The number of rotatable bonds is 2. The summed E-state index contributed by atoms with van der Waals surface area (Å²) < 4.78 is 0. The smallest absolute Gasteiger partial charge is 0.327 e. The third kappa shape index (κ3) is 26.1. The summed E-state index contributed by atoms with van der Waals surface area (Å²) in [4.78, 5) is 9.25. The first-order valence-corrected chi connectivity index (χ1v) is 2.76. The molecule has 1 atom stereocenters. The first-order valence-electron chi connectivity index (χ1n) is 2.33. The van der Waals surface area contributed by atoms with Crippen molar-refractivity contribution in [3.05, 3.63) is 12.7 Å². The van der Waals surface area contributed by atoms with Crippen LogP contribution in [0.25, 0.3) is 0 Å². The Kier molecular flexibility index (Phi) is 10.2. The highest BCUT2D eigenvalue weighted by Gasteiger charge is 1.86. The molecule has 0 aliphatic heterocycles. The Morgan fingerprint density at radius 2 is 2.00 bits per heavy atom. The van der Waals surface area contributed by atoms with E-state index in [1.807, 2.05) is 0 Å². The van der Waals surface area contributed by atoms with Crippen LogP contribution in [0.4, 0.5) is 0 Å². The van der Waals surface area contributed by atoms with Gasteiger partial charge in [0.2, 0.25) is 0 Å².